The number of carbonyl (C=O) groups excluding carboxylic acids is 2. The van der Waals surface area contributed by atoms with E-state index in [4.69, 9.17) is 24.2 Å². The molecule has 1 aliphatic heterocycles. The molecule has 74 heavy (non-hydrogen) atoms. The van der Waals surface area contributed by atoms with E-state index in [1.165, 1.54) is 6.33 Å². The molecule has 0 spiro atoms. The average Bonchev–Trinajstić information content (AvgIpc) is 4.03. The topological polar surface area (TPSA) is 150 Å². The molecule has 10 aromatic rings. The van der Waals surface area contributed by atoms with Gasteiger partial charge in [-0.3, -0.25) is 19.5 Å². The summed E-state index contributed by atoms with van der Waals surface area (Å²) in [6.45, 7) is -0.0935. The van der Waals surface area contributed by atoms with E-state index in [-0.39, 0.29) is 29.5 Å². The molecule has 12 heteroatoms. The molecule has 8 aromatic carbocycles. The number of rotatable bonds is 16. The summed E-state index contributed by atoms with van der Waals surface area (Å²) in [4.78, 5) is 41.6. The second kappa shape index (κ2) is 21.0. The lowest BCUT2D eigenvalue weighted by atomic mass is 9.79. The molecule has 2 aromatic heterocycles. The first-order valence-corrected chi connectivity index (χ1v) is 24.4. The number of amides is 2. The van der Waals surface area contributed by atoms with Crippen LogP contribution in [0.2, 0.25) is 0 Å². The number of anilines is 2. The number of aliphatic hydroxyl groups excluding tert-OH is 1. The number of hydrogen-bond acceptors (Lipinski definition) is 9. The minimum absolute atomic E-state index is 0.0285. The van der Waals surface area contributed by atoms with Crippen molar-refractivity contribution in [3.63, 3.8) is 0 Å². The maximum absolute atomic E-state index is 13.8. The zero-order valence-electron chi connectivity index (χ0n) is 40.0. The van der Waals surface area contributed by atoms with Crippen LogP contribution in [-0.2, 0) is 25.4 Å². The second-order valence-corrected chi connectivity index (χ2v) is 17.9. The van der Waals surface area contributed by atoms with E-state index in [1.54, 1.807) is 53.1 Å². The summed E-state index contributed by atoms with van der Waals surface area (Å²) in [5.41, 5.74) is 3.71. The van der Waals surface area contributed by atoms with E-state index >= 15 is 0 Å². The monoisotopic (exact) mass is 974 g/mol. The van der Waals surface area contributed by atoms with Crippen molar-refractivity contribution >= 4 is 34.7 Å². The minimum atomic E-state index is -1.42. The number of fused-ring (bicyclic) bond motifs is 1. The third kappa shape index (κ3) is 9.14. The first kappa shape index (κ1) is 47.4. The number of benzene rings is 8. The molecular weight excluding hydrogens is 925 g/mol. The number of ether oxygens (including phenoxy) is 3. The van der Waals surface area contributed by atoms with Gasteiger partial charge < -0.3 is 24.6 Å². The molecule has 1 saturated heterocycles. The smallest absolute Gasteiger partial charge is 0.258 e. The highest BCUT2D eigenvalue weighted by Gasteiger charge is 2.53. The summed E-state index contributed by atoms with van der Waals surface area (Å²) in [6.07, 6.45) is -3.25. The first-order chi connectivity index (χ1) is 36.4. The number of nitrogens with one attached hydrogen (secondary N) is 2. The molecule has 1 aliphatic rings. The second-order valence-electron chi connectivity index (χ2n) is 17.9. The maximum atomic E-state index is 13.8. The molecule has 0 aliphatic carbocycles. The fraction of sp³-hybridized carbons (Fsp3) is 0.113. The quantitative estimate of drug-likeness (QED) is 0.0804. The molecule has 0 unspecified atom stereocenters. The molecule has 1 fully saturated rings. The van der Waals surface area contributed by atoms with Gasteiger partial charge in [0.15, 0.2) is 23.2 Å². The number of carbonyl (C=O) groups is 2. The van der Waals surface area contributed by atoms with E-state index in [9.17, 15) is 14.7 Å². The van der Waals surface area contributed by atoms with E-state index in [0.29, 0.717) is 11.1 Å². The Bertz CT molecular complexity index is 3270. The molecule has 2 amide bonds. The lowest BCUT2D eigenvalue weighted by molar-refractivity contribution is -0.131. The first-order valence-electron chi connectivity index (χ1n) is 24.4. The van der Waals surface area contributed by atoms with Crippen molar-refractivity contribution in [2.24, 2.45) is 0 Å². The molecule has 11 rings (SSSR count). The van der Waals surface area contributed by atoms with E-state index < -0.39 is 47.6 Å². The van der Waals surface area contributed by atoms with Gasteiger partial charge in [0.1, 0.15) is 29.5 Å². The van der Waals surface area contributed by atoms with Crippen LogP contribution >= 0.6 is 0 Å². The third-order valence-corrected chi connectivity index (χ3v) is 13.4. The molecule has 3 N–H and O–H groups in total. The minimum Gasteiger partial charge on any atom is -0.386 e. The summed E-state index contributed by atoms with van der Waals surface area (Å²) in [5.74, 6) is -1.02. The summed E-state index contributed by atoms with van der Waals surface area (Å²) in [7, 11) is 0. The van der Waals surface area contributed by atoms with Gasteiger partial charge in [-0.15, -0.1) is 0 Å². The van der Waals surface area contributed by atoms with Crippen molar-refractivity contribution in [2.45, 2.75) is 35.7 Å². The van der Waals surface area contributed by atoms with E-state index in [1.807, 2.05) is 194 Å². The molecule has 4 atom stereocenters. The lowest BCUT2D eigenvalue weighted by Crippen LogP contribution is -2.46. The number of aromatic nitrogens is 4. The van der Waals surface area contributed by atoms with Crippen LogP contribution in [-0.4, -0.2) is 61.4 Å². The standard InChI is InChI=1S/C62H50N6O6/c69-53-54(74-62(48-35-19-6-20-36-48,49-37-21-7-22-38-49)50-39-23-8-24-40-50)51(41-72-61(45-29-13-3-14-30-45,46-31-15-4-16-32-46)47-33-17-5-18-34-47)73-59(53)68-42-63-52-55(64-57(70)43-25-9-1-10-26-43)65-60(66-56(52)68)67-58(71)44-27-11-2-12-28-44/h1-40,42,51,53-54,59,69H,41H2,(H2,64,65,66,67,70,71)/t51-,53-,54-,59-/m1/s1. The van der Waals surface area contributed by atoms with Crippen LogP contribution in [0, 0.1) is 0 Å². The van der Waals surface area contributed by atoms with Crippen LogP contribution in [0.1, 0.15) is 60.3 Å². The summed E-state index contributed by atoms with van der Waals surface area (Å²) < 4.78 is 24.0. The maximum Gasteiger partial charge on any atom is 0.258 e. The van der Waals surface area contributed by atoms with Gasteiger partial charge in [0.05, 0.1) is 12.9 Å². The van der Waals surface area contributed by atoms with Crippen LogP contribution in [0.3, 0.4) is 0 Å². The summed E-state index contributed by atoms with van der Waals surface area (Å²) in [5, 5.41) is 18.9. The Labute approximate surface area is 427 Å². The van der Waals surface area contributed by atoms with Gasteiger partial charge in [0, 0.05) is 11.1 Å². The molecule has 0 bridgehead atoms. The zero-order valence-corrected chi connectivity index (χ0v) is 40.0. The van der Waals surface area contributed by atoms with Gasteiger partial charge in [0.25, 0.3) is 11.8 Å². The Morgan fingerprint density at radius 3 is 1.31 bits per heavy atom. The molecule has 0 radical (unpaired) electrons. The van der Waals surface area contributed by atoms with E-state index in [0.717, 1.165) is 33.4 Å². The van der Waals surface area contributed by atoms with Crippen LogP contribution < -0.4 is 10.6 Å². The lowest BCUT2D eigenvalue weighted by Gasteiger charge is -2.41. The molecular formula is C62H50N6O6. The van der Waals surface area contributed by atoms with Gasteiger partial charge in [0.2, 0.25) is 5.95 Å². The zero-order chi connectivity index (χ0) is 50.3. The van der Waals surface area contributed by atoms with Crippen molar-refractivity contribution in [3.8, 4) is 0 Å². The van der Waals surface area contributed by atoms with Gasteiger partial charge >= 0.3 is 0 Å². The third-order valence-electron chi connectivity index (χ3n) is 13.4. The highest BCUT2D eigenvalue weighted by Crippen LogP contribution is 2.47. The van der Waals surface area contributed by atoms with Gasteiger partial charge in [-0.25, -0.2) is 4.98 Å². The predicted molar refractivity (Wildman–Crippen MR) is 283 cm³/mol. The van der Waals surface area contributed by atoms with Crippen molar-refractivity contribution in [3.05, 3.63) is 293 Å². The van der Waals surface area contributed by atoms with Crippen molar-refractivity contribution in [2.75, 3.05) is 17.2 Å². The predicted octanol–water partition coefficient (Wildman–Crippen LogP) is 11.0. The number of aliphatic hydroxyl groups is 1. The SMILES string of the molecule is O=C(Nc1nc(NC(=O)c2ccccc2)c2ncn([C@@H]3O[C@H](COC(c4ccccc4)(c4ccccc4)c4ccccc4)[C@@H](OC(c4ccccc4)(c4ccccc4)c4ccccc4)[C@H]3O)c2n1)c1ccccc1. The fourth-order valence-corrected chi connectivity index (χ4v) is 9.91. The van der Waals surface area contributed by atoms with Crippen LogP contribution in [0.4, 0.5) is 11.8 Å². The van der Waals surface area contributed by atoms with Crippen molar-refractivity contribution in [1.82, 2.24) is 19.5 Å². The molecule has 3 heterocycles. The van der Waals surface area contributed by atoms with Crippen LogP contribution in [0.5, 0.6) is 0 Å². The largest absolute Gasteiger partial charge is 0.386 e. The average molecular weight is 975 g/mol. The Morgan fingerprint density at radius 1 is 0.514 bits per heavy atom. The summed E-state index contributed by atoms with van der Waals surface area (Å²) in [6, 6.07) is 77.3. The molecule has 12 nitrogen and oxygen atoms in total. The Hall–Kier alpha value is -8.91. The van der Waals surface area contributed by atoms with Crippen LogP contribution in [0.25, 0.3) is 11.2 Å². The van der Waals surface area contributed by atoms with Crippen molar-refractivity contribution < 1.29 is 28.9 Å². The number of nitrogens with zero attached hydrogens (tertiary/aromatic N) is 4. The van der Waals surface area contributed by atoms with Gasteiger partial charge in [-0.2, -0.15) is 9.97 Å². The normalized spacial score (nSPS) is 16.7. The van der Waals surface area contributed by atoms with E-state index in [2.05, 4.69) is 15.6 Å². The fourth-order valence-electron chi connectivity index (χ4n) is 9.91. The molecule has 0 saturated carbocycles. The van der Waals surface area contributed by atoms with Crippen molar-refractivity contribution in [1.29, 1.82) is 0 Å². The Kier molecular flexibility index (Phi) is 13.5. The Morgan fingerprint density at radius 2 is 0.892 bits per heavy atom. The molecule has 364 valence electrons. The highest BCUT2D eigenvalue weighted by atomic mass is 16.6. The Balaban J connectivity index is 1.07. The highest BCUT2D eigenvalue weighted by molar-refractivity contribution is 6.08. The van der Waals surface area contributed by atoms with Crippen LogP contribution in [0.15, 0.2) is 249 Å². The van der Waals surface area contributed by atoms with Gasteiger partial charge in [-0.05, 0) is 57.6 Å². The van der Waals surface area contributed by atoms with Gasteiger partial charge in [-0.1, -0.05) is 218 Å². The summed E-state index contributed by atoms with van der Waals surface area (Å²) >= 11 is 0. The number of hydrogen-bond donors (Lipinski definition) is 3. The number of imidazole rings is 1.